The van der Waals surface area contributed by atoms with E-state index in [0.717, 1.165) is 5.69 Å². The Morgan fingerprint density at radius 3 is 2.88 bits per heavy atom. The van der Waals surface area contributed by atoms with Crippen molar-refractivity contribution in [2.24, 2.45) is 7.05 Å². The molecule has 0 bridgehead atoms. The number of nitrogens with one attached hydrogen (secondary N) is 1. The number of aromatic nitrogens is 5. The number of aryl methyl sites for hydroxylation is 2. The van der Waals surface area contributed by atoms with Crippen molar-refractivity contribution in [3.05, 3.63) is 29.6 Å². The molecule has 2 aromatic rings. The van der Waals surface area contributed by atoms with Gasteiger partial charge in [-0.15, -0.1) is 0 Å². The van der Waals surface area contributed by atoms with E-state index in [-0.39, 0.29) is 5.91 Å². The molecular weight excluding hydrogens is 220 g/mol. The number of rotatable bonds is 3. The Hall–Kier alpha value is -2.18. The fourth-order valence-electron chi connectivity index (χ4n) is 1.61. The molecule has 1 amide bonds. The van der Waals surface area contributed by atoms with Crippen molar-refractivity contribution in [3.63, 3.8) is 0 Å². The lowest BCUT2D eigenvalue weighted by molar-refractivity contribution is 0.0770. The molecule has 2 rings (SSSR count). The molecule has 90 valence electrons. The van der Waals surface area contributed by atoms with Gasteiger partial charge in [0.05, 0.1) is 12.2 Å². The smallest absolute Gasteiger partial charge is 0.272 e. The number of amides is 1. The van der Waals surface area contributed by atoms with Gasteiger partial charge in [-0.25, -0.2) is 4.98 Å². The molecule has 0 fully saturated rings. The summed E-state index contributed by atoms with van der Waals surface area (Å²) in [5.74, 6) is 0.559. The number of hydrogen-bond acceptors (Lipinski definition) is 4. The minimum absolute atomic E-state index is 0.0931. The largest absolute Gasteiger partial charge is 0.333 e. The van der Waals surface area contributed by atoms with Crippen LogP contribution in [0.25, 0.3) is 0 Å². The van der Waals surface area contributed by atoms with E-state index in [4.69, 9.17) is 0 Å². The van der Waals surface area contributed by atoms with E-state index in [1.807, 2.05) is 6.92 Å². The Kier molecular flexibility index (Phi) is 2.90. The molecule has 0 aromatic carbocycles. The number of carbonyl (C=O) groups excluding carboxylic acids is 1. The summed E-state index contributed by atoms with van der Waals surface area (Å²) in [5, 5.41) is 10.6. The van der Waals surface area contributed by atoms with Gasteiger partial charge >= 0.3 is 0 Å². The molecule has 0 saturated carbocycles. The highest BCUT2D eigenvalue weighted by molar-refractivity contribution is 5.92. The minimum atomic E-state index is -0.0931. The highest BCUT2D eigenvalue weighted by Gasteiger charge is 2.17. The quantitative estimate of drug-likeness (QED) is 0.818. The third-order valence-electron chi connectivity index (χ3n) is 2.42. The van der Waals surface area contributed by atoms with Crippen LogP contribution in [-0.2, 0) is 13.6 Å². The number of hydrogen-bond donors (Lipinski definition) is 1. The first kappa shape index (κ1) is 11.3. The zero-order chi connectivity index (χ0) is 12.4. The third-order valence-corrected chi connectivity index (χ3v) is 2.42. The van der Waals surface area contributed by atoms with Crippen molar-refractivity contribution >= 4 is 5.91 Å². The number of aromatic amines is 1. The minimum Gasteiger partial charge on any atom is -0.333 e. The molecule has 1 N–H and O–H groups in total. The van der Waals surface area contributed by atoms with Crippen molar-refractivity contribution < 1.29 is 4.79 Å². The predicted octanol–water partition coefficient (Wildman–Crippen LogP) is 0.119. The monoisotopic (exact) mass is 234 g/mol. The van der Waals surface area contributed by atoms with E-state index in [2.05, 4.69) is 20.3 Å². The topological polar surface area (TPSA) is 79.7 Å². The van der Waals surface area contributed by atoms with Gasteiger partial charge in [0.1, 0.15) is 17.8 Å². The van der Waals surface area contributed by atoms with Crippen LogP contribution in [0.3, 0.4) is 0 Å². The second-order valence-electron chi connectivity index (χ2n) is 3.89. The van der Waals surface area contributed by atoms with Gasteiger partial charge in [-0.3, -0.25) is 14.6 Å². The summed E-state index contributed by atoms with van der Waals surface area (Å²) in [6, 6.07) is 1.76. The summed E-state index contributed by atoms with van der Waals surface area (Å²) in [6.45, 7) is 2.25. The van der Waals surface area contributed by atoms with Gasteiger partial charge in [-0.05, 0) is 13.0 Å². The number of carbonyl (C=O) groups is 1. The molecule has 0 aliphatic rings. The van der Waals surface area contributed by atoms with Gasteiger partial charge in [-0.2, -0.15) is 10.2 Å². The van der Waals surface area contributed by atoms with Crippen LogP contribution in [-0.4, -0.2) is 42.8 Å². The Morgan fingerprint density at radius 1 is 1.59 bits per heavy atom. The molecule has 7 nitrogen and oxygen atoms in total. The molecular formula is C10H14N6O. The molecule has 0 spiro atoms. The van der Waals surface area contributed by atoms with Gasteiger partial charge in [0, 0.05) is 14.1 Å². The standard InChI is InChI=1S/C10H14N6O/c1-7-4-8(16(3)14-7)10(17)15(2)5-9-11-6-12-13-9/h4,6H,5H2,1-3H3,(H,11,12,13). The summed E-state index contributed by atoms with van der Waals surface area (Å²) in [5.41, 5.74) is 1.38. The summed E-state index contributed by atoms with van der Waals surface area (Å²) in [4.78, 5) is 17.7. The van der Waals surface area contributed by atoms with Crippen LogP contribution in [0, 0.1) is 6.92 Å². The molecule has 17 heavy (non-hydrogen) atoms. The highest BCUT2D eigenvalue weighted by Crippen LogP contribution is 2.06. The first-order valence-electron chi connectivity index (χ1n) is 5.18. The van der Waals surface area contributed by atoms with Crippen LogP contribution in [0.5, 0.6) is 0 Å². The second kappa shape index (κ2) is 4.36. The summed E-state index contributed by atoms with van der Waals surface area (Å²) >= 11 is 0. The first-order chi connectivity index (χ1) is 8.08. The van der Waals surface area contributed by atoms with Crippen molar-refractivity contribution in [3.8, 4) is 0 Å². The van der Waals surface area contributed by atoms with Gasteiger partial charge in [0.15, 0.2) is 0 Å². The summed E-state index contributed by atoms with van der Waals surface area (Å²) in [7, 11) is 3.47. The van der Waals surface area contributed by atoms with Crippen LogP contribution in [0.4, 0.5) is 0 Å². The van der Waals surface area contributed by atoms with Gasteiger partial charge < -0.3 is 4.90 Å². The Balaban J connectivity index is 2.12. The summed E-state index contributed by atoms with van der Waals surface area (Å²) in [6.07, 6.45) is 1.42. The number of H-pyrrole nitrogens is 1. The van der Waals surface area contributed by atoms with Crippen LogP contribution in [0.15, 0.2) is 12.4 Å². The molecule has 0 radical (unpaired) electrons. The fourth-order valence-corrected chi connectivity index (χ4v) is 1.61. The number of nitrogens with zero attached hydrogens (tertiary/aromatic N) is 5. The Morgan fingerprint density at radius 2 is 2.35 bits per heavy atom. The van der Waals surface area contributed by atoms with Crippen molar-refractivity contribution in [2.75, 3.05) is 7.05 Å². The fraction of sp³-hybridized carbons (Fsp3) is 0.400. The first-order valence-corrected chi connectivity index (χ1v) is 5.18. The predicted molar refractivity (Wildman–Crippen MR) is 60.1 cm³/mol. The van der Waals surface area contributed by atoms with Crippen LogP contribution in [0.1, 0.15) is 22.0 Å². The average molecular weight is 234 g/mol. The molecule has 0 aliphatic carbocycles. The lowest BCUT2D eigenvalue weighted by Gasteiger charge is -2.15. The van der Waals surface area contributed by atoms with Crippen molar-refractivity contribution in [1.29, 1.82) is 0 Å². The molecule has 2 aromatic heterocycles. The lowest BCUT2D eigenvalue weighted by atomic mass is 10.3. The van der Waals surface area contributed by atoms with E-state index in [9.17, 15) is 4.79 Å². The Bertz CT molecular complexity index is 515. The highest BCUT2D eigenvalue weighted by atomic mass is 16.2. The van der Waals surface area contributed by atoms with Crippen molar-refractivity contribution in [1.82, 2.24) is 29.9 Å². The van der Waals surface area contributed by atoms with E-state index in [1.165, 1.54) is 6.33 Å². The van der Waals surface area contributed by atoms with Crippen molar-refractivity contribution in [2.45, 2.75) is 13.5 Å². The molecule has 0 atom stereocenters. The van der Waals surface area contributed by atoms with E-state index in [0.29, 0.717) is 18.1 Å². The van der Waals surface area contributed by atoms with E-state index >= 15 is 0 Å². The normalized spacial score (nSPS) is 10.5. The maximum Gasteiger partial charge on any atom is 0.272 e. The molecule has 0 aliphatic heterocycles. The van der Waals surface area contributed by atoms with Crippen LogP contribution in [0.2, 0.25) is 0 Å². The van der Waals surface area contributed by atoms with E-state index < -0.39 is 0 Å². The van der Waals surface area contributed by atoms with Gasteiger partial charge in [0.25, 0.3) is 5.91 Å². The lowest BCUT2D eigenvalue weighted by Crippen LogP contribution is -2.28. The Labute approximate surface area is 98.5 Å². The maximum absolute atomic E-state index is 12.1. The van der Waals surface area contributed by atoms with E-state index in [1.54, 1.807) is 29.7 Å². The zero-order valence-electron chi connectivity index (χ0n) is 10.0. The third kappa shape index (κ3) is 2.32. The van der Waals surface area contributed by atoms with Gasteiger partial charge in [-0.1, -0.05) is 0 Å². The van der Waals surface area contributed by atoms with Crippen LogP contribution >= 0.6 is 0 Å². The SMILES string of the molecule is Cc1cc(C(=O)N(C)Cc2ncn[nH]2)n(C)n1. The molecule has 7 heteroatoms. The molecule has 0 unspecified atom stereocenters. The second-order valence-corrected chi connectivity index (χ2v) is 3.89. The maximum atomic E-state index is 12.1. The molecule has 2 heterocycles. The molecule has 0 saturated heterocycles. The summed E-state index contributed by atoms with van der Waals surface area (Å²) < 4.78 is 1.58. The average Bonchev–Trinajstić information content (AvgIpc) is 2.87. The zero-order valence-corrected chi connectivity index (χ0v) is 10.0. The van der Waals surface area contributed by atoms with Crippen LogP contribution < -0.4 is 0 Å². The van der Waals surface area contributed by atoms with Gasteiger partial charge in [0.2, 0.25) is 0 Å².